The van der Waals surface area contributed by atoms with Gasteiger partial charge in [0.2, 0.25) is 0 Å². The van der Waals surface area contributed by atoms with E-state index < -0.39 is 12.1 Å². The molecule has 0 spiro atoms. The molecule has 0 aromatic heterocycles. The van der Waals surface area contributed by atoms with Gasteiger partial charge in [-0.05, 0) is 58.9 Å². The molecular weight excluding hydrogens is 452 g/mol. The molecule has 0 heterocycles. The number of aryl methyl sites for hydroxylation is 2. The van der Waals surface area contributed by atoms with Crippen LogP contribution in [-0.4, -0.2) is 37.5 Å². The van der Waals surface area contributed by atoms with Crippen molar-refractivity contribution in [1.29, 1.82) is 0 Å². The summed E-state index contributed by atoms with van der Waals surface area (Å²) in [5.74, 6) is -0.251. The van der Waals surface area contributed by atoms with E-state index in [0.29, 0.717) is 19.6 Å². The second kappa shape index (κ2) is 12.0. The smallest absolute Gasteiger partial charge is 0.333 e. The summed E-state index contributed by atoms with van der Waals surface area (Å²) in [5, 5.41) is 9.16. The molecule has 0 amide bonds. The fourth-order valence-electron chi connectivity index (χ4n) is 4.59. The number of hydrogen-bond donors (Lipinski definition) is 1. The number of carboxylic acids is 1. The highest BCUT2D eigenvalue weighted by Crippen LogP contribution is 2.36. The monoisotopic (exact) mass is 486 g/mol. The lowest BCUT2D eigenvalue weighted by molar-refractivity contribution is -0.148. The molecule has 0 aliphatic heterocycles. The van der Waals surface area contributed by atoms with Crippen LogP contribution in [0.1, 0.15) is 58.4 Å². The number of carboxylic acid groups (broad SMARTS) is 1. The van der Waals surface area contributed by atoms with Gasteiger partial charge in [0.25, 0.3) is 0 Å². The van der Waals surface area contributed by atoms with Crippen molar-refractivity contribution in [1.82, 2.24) is 0 Å². The van der Waals surface area contributed by atoms with Crippen LogP contribution in [-0.2, 0) is 27.1 Å². The molecule has 0 radical (unpaired) electrons. The maximum absolute atomic E-state index is 11.2. The summed E-state index contributed by atoms with van der Waals surface area (Å²) in [7, 11) is 1.41. The van der Waals surface area contributed by atoms with Gasteiger partial charge in [-0.1, -0.05) is 79.6 Å². The molecule has 0 saturated carbocycles. The summed E-state index contributed by atoms with van der Waals surface area (Å²) < 4.78 is 17.4. The van der Waals surface area contributed by atoms with Crippen molar-refractivity contribution < 1.29 is 24.1 Å². The van der Waals surface area contributed by atoms with Crippen LogP contribution in [0.2, 0.25) is 0 Å². The van der Waals surface area contributed by atoms with Crippen molar-refractivity contribution in [3.63, 3.8) is 0 Å². The van der Waals surface area contributed by atoms with Gasteiger partial charge < -0.3 is 19.3 Å². The minimum absolute atomic E-state index is 0.172. The van der Waals surface area contributed by atoms with Crippen molar-refractivity contribution in [3.8, 4) is 5.75 Å². The van der Waals surface area contributed by atoms with Crippen molar-refractivity contribution in [2.24, 2.45) is 0 Å². The van der Waals surface area contributed by atoms with Crippen LogP contribution in [0.15, 0.2) is 60.7 Å². The highest BCUT2D eigenvalue weighted by atomic mass is 16.5. The third-order valence-electron chi connectivity index (χ3n) is 6.48. The number of carbonyl (C=O) groups is 1. The van der Waals surface area contributed by atoms with Crippen LogP contribution in [0.4, 0.5) is 0 Å². The van der Waals surface area contributed by atoms with E-state index in [0.717, 1.165) is 29.7 Å². The van der Waals surface area contributed by atoms with E-state index in [1.807, 2.05) is 24.3 Å². The van der Waals surface area contributed by atoms with E-state index in [4.69, 9.17) is 19.3 Å². The van der Waals surface area contributed by atoms with Crippen LogP contribution in [0.5, 0.6) is 5.75 Å². The maximum atomic E-state index is 11.2. The Balaban J connectivity index is 1.43. The minimum atomic E-state index is -0.969. The normalized spacial score (nSPS) is 15.0. The molecule has 188 valence electrons. The molecule has 4 rings (SSSR count). The first-order valence-corrected chi connectivity index (χ1v) is 12.5. The van der Waals surface area contributed by atoms with Gasteiger partial charge in [-0.15, -0.1) is 0 Å². The van der Waals surface area contributed by atoms with Crippen LogP contribution < -0.4 is 4.74 Å². The quantitative estimate of drug-likeness (QED) is 0.324. The molecule has 0 fully saturated rings. The van der Waals surface area contributed by atoms with Crippen molar-refractivity contribution in [2.45, 2.75) is 45.3 Å². The molecule has 0 saturated heterocycles. The lowest BCUT2D eigenvalue weighted by atomic mass is 9.94. The lowest BCUT2D eigenvalue weighted by Gasteiger charge is -2.22. The van der Waals surface area contributed by atoms with Crippen molar-refractivity contribution in [2.75, 3.05) is 20.3 Å². The van der Waals surface area contributed by atoms with Crippen molar-refractivity contribution in [3.05, 3.63) is 99.6 Å². The van der Waals surface area contributed by atoms with Gasteiger partial charge in [-0.3, -0.25) is 0 Å². The zero-order valence-corrected chi connectivity index (χ0v) is 21.2. The molecule has 3 aromatic carbocycles. The van der Waals surface area contributed by atoms with Gasteiger partial charge in [-0.25, -0.2) is 4.79 Å². The summed E-state index contributed by atoms with van der Waals surface area (Å²) in [4.78, 5) is 11.2. The maximum Gasteiger partial charge on any atom is 0.333 e. The Morgan fingerprint density at radius 1 is 0.917 bits per heavy atom. The van der Waals surface area contributed by atoms with E-state index in [-0.39, 0.29) is 6.10 Å². The first-order chi connectivity index (χ1) is 17.5. The minimum Gasteiger partial charge on any atom is -0.491 e. The topological polar surface area (TPSA) is 65.0 Å². The Hall–Kier alpha value is -3.41. The molecule has 36 heavy (non-hydrogen) atoms. The Morgan fingerprint density at radius 2 is 1.58 bits per heavy atom. The predicted molar refractivity (Wildman–Crippen MR) is 142 cm³/mol. The Labute approximate surface area is 213 Å². The highest BCUT2D eigenvalue weighted by Gasteiger charge is 2.23. The van der Waals surface area contributed by atoms with Gasteiger partial charge in [0.1, 0.15) is 18.5 Å². The van der Waals surface area contributed by atoms with Crippen LogP contribution in [0, 0.1) is 6.92 Å². The van der Waals surface area contributed by atoms with Crippen LogP contribution in [0.25, 0.3) is 12.2 Å². The fourth-order valence-corrected chi connectivity index (χ4v) is 4.59. The van der Waals surface area contributed by atoms with E-state index in [2.05, 4.69) is 62.4 Å². The second-order valence-corrected chi connectivity index (χ2v) is 9.19. The van der Waals surface area contributed by atoms with Crippen molar-refractivity contribution >= 4 is 18.1 Å². The molecule has 3 aromatic rings. The first-order valence-electron chi connectivity index (χ1n) is 12.5. The van der Waals surface area contributed by atoms with E-state index >= 15 is 0 Å². The van der Waals surface area contributed by atoms with Crippen LogP contribution >= 0.6 is 0 Å². The third-order valence-corrected chi connectivity index (χ3v) is 6.48. The van der Waals surface area contributed by atoms with Crippen LogP contribution in [0.3, 0.4) is 0 Å². The Morgan fingerprint density at radius 3 is 2.25 bits per heavy atom. The van der Waals surface area contributed by atoms with E-state index in [1.165, 1.54) is 34.9 Å². The van der Waals surface area contributed by atoms with Gasteiger partial charge in [0.05, 0.1) is 6.61 Å². The average molecular weight is 487 g/mol. The number of hydrogen-bond acceptors (Lipinski definition) is 4. The molecule has 5 nitrogen and oxygen atoms in total. The molecule has 2 atom stereocenters. The molecule has 1 aliphatic carbocycles. The largest absolute Gasteiger partial charge is 0.491 e. The van der Waals surface area contributed by atoms with E-state index in [1.54, 1.807) is 0 Å². The third kappa shape index (κ3) is 6.23. The standard InChI is InChI=1S/C31H34O5/c1-4-5-22-9-15-28-25(19-22)11-10-24-18-21(2)6-14-27(24)30(28)36-17-16-35-26-12-7-23(8-13-26)20-29(34-3)31(32)33/h6-15,18-19,29-30H,4-5,16-17,20H2,1-3H3,(H,32,33). The summed E-state index contributed by atoms with van der Waals surface area (Å²) in [6.07, 6.45) is 5.86. The summed E-state index contributed by atoms with van der Waals surface area (Å²) in [5.41, 5.74) is 8.16. The van der Waals surface area contributed by atoms with E-state index in [9.17, 15) is 4.79 Å². The molecule has 5 heteroatoms. The zero-order chi connectivity index (χ0) is 25.5. The number of aliphatic carboxylic acids is 1. The van der Waals surface area contributed by atoms with Gasteiger partial charge in [0.15, 0.2) is 6.10 Å². The zero-order valence-electron chi connectivity index (χ0n) is 21.2. The molecular formula is C31H34O5. The number of ether oxygens (including phenoxy) is 3. The number of rotatable bonds is 11. The van der Waals surface area contributed by atoms with Gasteiger partial charge in [-0.2, -0.15) is 0 Å². The first kappa shape index (κ1) is 25.7. The van der Waals surface area contributed by atoms with Gasteiger partial charge >= 0.3 is 5.97 Å². The average Bonchev–Trinajstić information content (AvgIpc) is 3.02. The molecule has 1 N–H and O–H groups in total. The lowest BCUT2D eigenvalue weighted by Crippen LogP contribution is -2.24. The fraction of sp³-hybridized carbons (Fsp3) is 0.323. The number of fused-ring (bicyclic) bond motifs is 2. The molecule has 0 bridgehead atoms. The highest BCUT2D eigenvalue weighted by molar-refractivity contribution is 5.76. The Bertz CT molecular complexity index is 1210. The summed E-state index contributed by atoms with van der Waals surface area (Å²) >= 11 is 0. The Kier molecular flexibility index (Phi) is 8.57. The second-order valence-electron chi connectivity index (χ2n) is 9.19. The molecule has 2 unspecified atom stereocenters. The summed E-state index contributed by atoms with van der Waals surface area (Å²) in [6, 6.07) is 20.6. The molecule has 1 aliphatic rings. The predicted octanol–water partition coefficient (Wildman–Crippen LogP) is 6.26. The SMILES string of the molecule is CCCc1ccc2c(c1)C=Cc1cc(C)ccc1C2OCCOc1ccc(CC(OC)C(=O)O)cc1. The number of benzene rings is 3. The summed E-state index contributed by atoms with van der Waals surface area (Å²) in [6.45, 7) is 5.15. The van der Waals surface area contributed by atoms with Gasteiger partial charge in [0, 0.05) is 13.5 Å². The number of methoxy groups -OCH3 is 1.